The van der Waals surface area contributed by atoms with Crippen molar-refractivity contribution in [3.05, 3.63) is 0 Å². The van der Waals surface area contributed by atoms with E-state index in [0.29, 0.717) is 0 Å². The molecule has 0 bridgehead atoms. The Labute approximate surface area is 90.1 Å². The van der Waals surface area contributed by atoms with Gasteiger partial charge in [-0.25, -0.2) is 0 Å². The predicted molar refractivity (Wildman–Crippen MR) is 72.7 cm³/mol. The van der Waals surface area contributed by atoms with Crippen LogP contribution in [0.3, 0.4) is 0 Å². The molecule has 0 aliphatic rings. The summed E-state index contributed by atoms with van der Waals surface area (Å²) in [5.41, 5.74) is 0. The Kier molecular flexibility index (Phi) is 267. The second-order valence-corrected chi connectivity index (χ2v) is 2.00. The monoisotopic (exact) mass is 194 g/mol. The zero-order chi connectivity index (χ0) is 8.83. The molecule has 0 spiro atoms. The van der Waals surface area contributed by atoms with E-state index in [1.165, 1.54) is 25.7 Å². The van der Waals surface area contributed by atoms with Crippen molar-refractivity contribution in [1.29, 1.82) is 0 Å². The second kappa shape index (κ2) is 90.8. The van der Waals surface area contributed by atoms with Crippen molar-refractivity contribution in [3.8, 4) is 0 Å². The minimum atomic E-state index is 0. The maximum atomic E-state index is 2.18. The quantitative estimate of drug-likeness (QED) is 0.468. The molecule has 0 radical (unpaired) electrons. The van der Waals surface area contributed by atoms with Crippen LogP contribution in [0, 0.1) is 0 Å². The van der Waals surface area contributed by atoms with Gasteiger partial charge in [0.1, 0.15) is 0 Å². The summed E-state index contributed by atoms with van der Waals surface area (Å²) in [5, 5.41) is 0. The van der Waals surface area contributed by atoms with Gasteiger partial charge in [0, 0.05) is 0 Å². The second-order valence-electron chi connectivity index (χ2n) is 2.00. The van der Waals surface area contributed by atoms with Crippen LogP contribution in [0.4, 0.5) is 0 Å². The Morgan fingerprint density at radius 1 is 0.462 bits per heavy atom. The van der Waals surface area contributed by atoms with Crippen molar-refractivity contribution in [2.45, 2.75) is 89.5 Å². The number of hydrogen-bond donors (Lipinski definition) is 0. The van der Waals surface area contributed by atoms with Crippen molar-refractivity contribution >= 4 is 0 Å². The SMILES string of the molecule is C.C.C.CC.CCCC.CCCC. The molecule has 0 saturated carbocycles. The summed E-state index contributed by atoms with van der Waals surface area (Å²) in [6, 6.07) is 0. The predicted octanol–water partition coefficient (Wildman–Crippen LogP) is 6.55. The van der Waals surface area contributed by atoms with Gasteiger partial charge in [0.05, 0.1) is 0 Å². The third kappa shape index (κ3) is 300. The molecule has 0 aromatic carbocycles. The Morgan fingerprint density at radius 2 is 0.538 bits per heavy atom. The van der Waals surface area contributed by atoms with E-state index in [1.54, 1.807) is 0 Å². The first-order chi connectivity index (χ1) is 4.83. The van der Waals surface area contributed by atoms with Crippen LogP contribution in [0.1, 0.15) is 89.5 Å². The zero-order valence-electron chi connectivity index (χ0n) is 8.83. The third-order valence-electron chi connectivity index (χ3n) is 1.000. The summed E-state index contributed by atoms with van der Waals surface area (Å²) >= 11 is 0. The van der Waals surface area contributed by atoms with Gasteiger partial charge in [-0.2, -0.15) is 0 Å². The van der Waals surface area contributed by atoms with E-state index in [2.05, 4.69) is 27.7 Å². The highest BCUT2D eigenvalue weighted by Crippen LogP contribution is 1.77. The molecule has 90 valence electrons. The minimum Gasteiger partial charge on any atom is -0.0776 e. The van der Waals surface area contributed by atoms with E-state index in [4.69, 9.17) is 0 Å². The van der Waals surface area contributed by atoms with Crippen LogP contribution in [0.15, 0.2) is 0 Å². The van der Waals surface area contributed by atoms with E-state index in [1.807, 2.05) is 13.8 Å². The molecule has 0 aromatic rings. The Hall–Kier alpha value is 0. The average molecular weight is 194 g/mol. The van der Waals surface area contributed by atoms with Crippen LogP contribution in [0.2, 0.25) is 0 Å². The van der Waals surface area contributed by atoms with Crippen LogP contribution in [-0.4, -0.2) is 0 Å². The number of unbranched alkanes of at least 4 members (excludes halogenated alkanes) is 2. The van der Waals surface area contributed by atoms with Crippen molar-refractivity contribution < 1.29 is 0 Å². The normalized spacial score (nSPS) is 5.08. The maximum absolute atomic E-state index is 2.18. The highest BCUT2D eigenvalue weighted by molar-refractivity contribution is 4.13. The van der Waals surface area contributed by atoms with E-state index in [0.717, 1.165) is 0 Å². The van der Waals surface area contributed by atoms with Gasteiger partial charge < -0.3 is 0 Å². The van der Waals surface area contributed by atoms with Crippen molar-refractivity contribution in [1.82, 2.24) is 0 Å². The molecule has 0 aliphatic heterocycles. The van der Waals surface area contributed by atoms with Crippen LogP contribution in [-0.2, 0) is 0 Å². The molecular weight excluding hydrogens is 156 g/mol. The van der Waals surface area contributed by atoms with Crippen LogP contribution >= 0.6 is 0 Å². The molecule has 0 amide bonds. The van der Waals surface area contributed by atoms with Gasteiger partial charge in [0.2, 0.25) is 0 Å². The zero-order valence-corrected chi connectivity index (χ0v) is 8.83. The largest absolute Gasteiger partial charge is 0.0776 e. The van der Waals surface area contributed by atoms with Gasteiger partial charge in [-0.3, -0.25) is 0 Å². The summed E-state index contributed by atoms with van der Waals surface area (Å²) in [6.45, 7) is 12.7. The Balaban J connectivity index is -0.0000000133. The standard InChI is InChI=1S/2C4H10.C2H6.3CH4/c2*1-3-4-2;1-2;;;/h2*3-4H2,1-2H3;1-2H3;3*1H4. The topological polar surface area (TPSA) is 0 Å². The fourth-order valence-corrected chi connectivity index (χ4v) is 0. The van der Waals surface area contributed by atoms with Gasteiger partial charge in [-0.05, 0) is 0 Å². The molecule has 0 heteroatoms. The van der Waals surface area contributed by atoms with Crippen LogP contribution < -0.4 is 0 Å². The van der Waals surface area contributed by atoms with E-state index in [-0.39, 0.29) is 22.3 Å². The highest BCUT2D eigenvalue weighted by atomic mass is 13.6. The number of rotatable bonds is 2. The fourth-order valence-electron chi connectivity index (χ4n) is 0. The highest BCUT2D eigenvalue weighted by Gasteiger charge is 1.56. The molecule has 0 fully saturated rings. The molecule has 13 heavy (non-hydrogen) atoms. The van der Waals surface area contributed by atoms with Gasteiger partial charge in [-0.15, -0.1) is 0 Å². The van der Waals surface area contributed by atoms with Gasteiger partial charge in [0.25, 0.3) is 0 Å². The molecule has 0 rings (SSSR count). The van der Waals surface area contributed by atoms with Crippen molar-refractivity contribution in [2.24, 2.45) is 0 Å². The molecule has 0 atom stereocenters. The lowest BCUT2D eigenvalue weighted by Gasteiger charge is -1.68. The summed E-state index contributed by atoms with van der Waals surface area (Å²) in [5.74, 6) is 0. The van der Waals surface area contributed by atoms with Gasteiger partial charge >= 0.3 is 0 Å². The van der Waals surface area contributed by atoms with Gasteiger partial charge in [-0.1, -0.05) is 89.5 Å². The lowest BCUT2D eigenvalue weighted by Crippen LogP contribution is -1.47. The lowest BCUT2D eigenvalue weighted by atomic mass is 10.4. The van der Waals surface area contributed by atoms with E-state index >= 15 is 0 Å². The molecule has 0 N–H and O–H groups in total. The fraction of sp³-hybridized carbons (Fsp3) is 1.00. The first-order valence-electron chi connectivity index (χ1n) is 4.83. The van der Waals surface area contributed by atoms with Crippen molar-refractivity contribution in [2.75, 3.05) is 0 Å². The van der Waals surface area contributed by atoms with Crippen molar-refractivity contribution in [3.63, 3.8) is 0 Å². The maximum Gasteiger partial charge on any atom is -0.0564 e. The molecule has 0 heterocycles. The first-order valence-corrected chi connectivity index (χ1v) is 4.83. The third-order valence-corrected chi connectivity index (χ3v) is 1.000. The summed E-state index contributed by atoms with van der Waals surface area (Å²) < 4.78 is 0. The Morgan fingerprint density at radius 3 is 0.538 bits per heavy atom. The molecule has 0 saturated heterocycles. The van der Waals surface area contributed by atoms with E-state index < -0.39 is 0 Å². The van der Waals surface area contributed by atoms with Gasteiger partial charge in [0.15, 0.2) is 0 Å². The lowest BCUT2D eigenvalue weighted by molar-refractivity contribution is 0.886. The average Bonchev–Trinajstić information content (AvgIpc) is 2.08. The smallest absolute Gasteiger partial charge is 0.0564 e. The molecule has 0 nitrogen and oxygen atoms in total. The Bertz CT molecular complexity index is 8.00. The van der Waals surface area contributed by atoms with E-state index in [9.17, 15) is 0 Å². The summed E-state index contributed by atoms with van der Waals surface area (Å²) in [6.07, 6.45) is 5.28. The van der Waals surface area contributed by atoms with Crippen LogP contribution in [0.5, 0.6) is 0 Å². The molecule has 0 aliphatic carbocycles. The minimum absolute atomic E-state index is 0. The first kappa shape index (κ1) is 38.2. The van der Waals surface area contributed by atoms with Crippen LogP contribution in [0.25, 0.3) is 0 Å². The summed E-state index contributed by atoms with van der Waals surface area (Å²) in [7, 11) is 0. The number of hydrogen-bond acceptors (Lipinski definition) is 0. The molecular formula is C13H38. The summed E-state index contributed by atoms with van der Waals surface area (Å²) in [4.78, 5) is 0. The molecule has 0 aromatic heterocycles. The molecule has 0 unspecified atom stereocenters.